The average molecular weight is 335 g/mol. The molecule has 0 radical (unpaired) electrons. The normalized spacial score (nSPS) is 13.4. The summed E-state index contributed by atoms with van der Waals surface area (Å²) in [5, 5.41) is 10.9. The van der Waals surface area contributed by atoms with Crippen molar-refractivity contribution < 1.29 is 18.9 Å². The molecule has 0 N–H and O–H groups in total. The molecule has 0 fully saturated rings. The number of Topliss-reactive ketones (excluding diaryl/α,β-unsaturated/α-hetero) is 1. The molecule has 0 bridgehead atoms. The van der Waals surface area contributed by atoms with Crippen LogP contribution in [0.25, 0.3) is 0 Å². The summed E-state index contributed by atoms with van der Waals surface area (Å²) in [5.74, 6) is -2.34. The molecule has 6 nitrogen and oxygen atoms in total. The van der Waals surface area contributed by atoms with Crippen molar-refractivity contribution in [2.45, 2.75) is 6.54 Å². The van der Waals surface area contributed by atoms with Crippen LogP contribution in [0.15, 0.2) is 36.4 Å². The Labute approximate surface area is 134 Å². The second-order valence-electron chi connectivity index (χ2n) is 4.88. The van der Waals surface area contributed by atoms with E-state index in [0.717, 1.165) is 11.0 Å². The van der Waals surface area contributed by atoms with Crippen molar-refractivity contribution in [3.05, 3.63) is 68.5 Å². The van der Waals surface area contributed by atoms with Crippen molar-refractivity contribution in [1.29, 1.82) is 0 Å². The highest BCUT2D eigenvalue weighted by Gasteiger charge is 2.37. The summed E-state index contributed by atoms with van der Waals surface area (Å²) in [6, 6.07) is 7.61. The number of halogens is 2. The van der Waals surface area contributed by atoms with Crippen molar-refractivity contribution in [3.63, 3.8) is 0 Å². The van der Waals surface area contributed by atoms with Gasteiger partial charge in [-0.1, -0.05) is 17.7 Å². The van der Waals surface area contributed by atoms with E-state index in [4.69, 9.17) is 11.6 Å². The fourth-order valence-electron chi connectivity index (χ4n) is 2.40. The quantitative estimate of drug-likeness (QED) is 0.490. The summed E-state index contributed by atoms with van der Waals surface area (Å²) in [6.07, 6.45) is 0. The fourth-order valence-corrected chi connectivity index (χ4v) is 2.62. The van der Waals surface area contributed by atoms with Crippen molar-refractivity contribution in [3.8, 4) is 0 Å². The third-order valence-corrected chi connectivity index (χ3v) is 3.90. The number of benzene rings is 2. The van der Waals surface area contributed by atoms with Gasteiger partial charge in [0.15, 0.2) is 0 Å². The maximum atomic E-state index is 13.9. The molecule has 3 rings (SSSR count). The number of hydrogen-bond donors (Lipinski definition) is 0. The minimum atomic E-state index is -0.875. The Morgan fingerprint density at radius 2 is 1.96 bits per heavy atom. The Morgan fingerprint density at radius 3 is 2.61 bits per heavy atom. The van der Waals surface area contributed by atoms with E-state index in [9.17, 15) is 24.1 Å². The maximum Gasteiger partial charge on any atom is 0.299 e. The summed E-state index contributed by atoms with van der Waals surface area (Å²) in [5.41, 5.74) is -0.0984. The van der Waals surface area contributed by atoms with Gasteiger partial charge in [0.1, 0.15) is 5.82 Å². The van der Waals surface area contributed by atoms with E-state index < -0.39 is 22.4 Å². The number of nitro benzene ring substituents is 1. The van der Waals surface area contributed by atoms with Crippen molar-refractivity contribution in [1.82, 2.24) is 0 Å². The predicted octanol–water partition coefficient (Wildman–Crippen LogP) is 3.12. The van der Waals surface area contributed by atoms with Crippen molar-refractivity contribution >= 4 is 34.7 Å². The Balaban J connectivity index is 2.05. The molecule has 1 amide bonds. The fraction of sp³-hybridized carbons (Fsp3) is 0.0667. The highest BCUT2D eigenvalue weighted by atomic mass is 35.5. The average Bonchev–Trinajstić information content (AvgIpc) is 2.75. The van der Waals surface area contributed by atoms with Crippen LogP contribution in [-0.4, -0.2) is 16.6 Å². The summed E-state index contributed by atoms with van der Waals surface area (Å²) in [7, 11) is 0. The first kappa shape index (κ1) is 15.1. The van der Waals surface area contributed by atoms with Crippen LogP contribution in [0.5, 0.6) is 0 Å². The third-order valence-electron chi connectivity index (χ3n) is 3.54. The molecule has 116 valence electrons. The number of ketones is 1. The molecule has 1 aliphatic heterocycles. The number of fused-ring (bicyclic) bond motifs is 1. The van der Waals surface area contributed by atoms with E-state index >= 15 is 0 Å². The number of carbonyl (C=O) groups excluding carboxylic acids is 2. The molecule has 0 aromatic heterocycles. The van der Waals surface area contributed by atoms with Crippen LogP contribution in [0.3, 0.4) is 0 Å². The van der Waals surface area contributed by atoms with Gasteiger partial charge in [-0.2, -0.15) is 0 Å². The first-order valence-electron chi connectivity index (χ1n) is 6.47. The summed E-state index contributed by atoms with van der Waals surface area (Å²) >= 11 is 5.93. The van der Waals surface area contributed by atoms with E-state index in [0.29, 0.717) is 0 Å². The minimum absolute atomic E-state index is 0.0709. The van der Waals surface area contributed by atoms with Gasteiger partial charge < -0.3 is 4.90 Å². The molecule has 0 aliphatic carbocycles. The minimum Gasteiger partial charge on any atom is -0.300 e. The van der Waals surface area contributed by atoms with E-state index in [1.165, 1.54) is 30.3 Å². The molecule has 0 spiro atoms. The zero-order valence-corrected chi connectivity index (χ0v) is 12.2. The Morgan fingerprint density at radius 1 is 1.22 bits per heavy atom. The number of anilines is 1. The van der Waals surface area contributed by atoms with Gasteiger partial charge >= 0.3 is 0 Å². The van der Waals surface area contributed by atoms with Gasteiger partial charge in [0.05, 0.1) is 22.7 Å². The van der Waals surface area contributed by atoms with Crippen LogP contribution >= 0.6 is 11.6 Å². The highest BCUT2D eigenvalue weighted by molar-refractivity contribution is 6.52. The van der Waals surface area contributed by atoms with Gasteiger partial charge in [0.25, 0.3) is 17.4 Å². The maximum absolute atomic E-state index is 13.9. The Bertz CT molecular complexity index is 848. The van der Waals surface area contributed by atoms with E-state index in [1.54, 1.807) is 0 Å². The monoisotopic (exact) mass is 334 g/mol. The lowest BCUT2D eigenvalue weighted by atomic mass is 10.1. The molecular formula is C15H8ClFN2O4. The predicted molar refractivity (Wildman–Crippen MR) is 80.0 cm³/mol. The summed E-state index contributed by atoms with van der Waals surface area (Å²) in [6.45, 7) is -0.235. The lowest BCUT2D eigenvalue weighted by Crippen LogP contribution is -2.29. The largest absolute Gasteiger partial charge is 0.300 e. The number of amides is 1. The highest BCUT2D eigenvalue weighted by Crippen LogP contribution is 2.34. The van der Waals surface area contributed by atoms with Gasteiger partial charge in [-0.15, -0.1) is 0 Å². The van der Waals surface area contributed by atoms with Gasteiger partial charge in [0.2, 0.25) is 0 Å². The van der Waals surface area contributed by atoms with Crippen LogP contribution < -0.4 is 4.90 Å². The van der Waals surface area contributed by atoms with Crippen LogP contribution in [0, 0.1) is 15.9 Å². The standard InChI is InChI=1S/C15H8ClFN2O4/c16-11-2-1-3-12(17)10(11)7-18-13-5-4-8(19(22)23)6-9(13)14(20)15(18)21/h1-6H,7H2. The molecule has 8 heteroatoms. The molecule has 0 atom stereocenters. The number of rotatable bonds is 3. The van der Waals surface area contributed by atoms with Gasteiger partial charge in [-0.05, 0) is 18.2 Å². The molecule has 1 aliphatic rings. The molecular weight excluding hydrogens is 327 g/mol. The second-order valence-corrected chi connectivity index (χ2v) is 5.29. The summed E-state index contributed by atoms with van der Waals surface area (Å²) < 4.78 is 13.9. The number of hydrogen-bond acceptors (Lipinski definition) is 4. The Hall–Kier alpha value is -2.80. The first-order valence-corrected chi connectivity index (χ1v) is 6.85. The van der Waals surface area contributed by atoms with E-state index in [2.05, 4.69) is 0 Å². The van der Waals surface area contributed by atoms with Gasteiger partial charge in [-0.25, -0.2) is 4.39 Å². The topological polar surface area (TPSA) is 80.5 Å². The molecule has 0 saturated carbocycles. The number of nitro groups is 1. The SMILES string of the molecule is O=C1C(=O)N(Cc2c(F)cccc2Cl)c2ccc([N+](=O)[O-])cc21. The molecule has 2 aromatic rings. The number of carbonyl (C=O) groups is 2. The van der Waals surface area contributed by atoms with Gasteiger partial charge in [-0.3, -0.25) is 19.7 Å². The molecule has 23 heavy (non-hydrogen) atoms. The van der Waals surface area contributed by atoms with Crippen molar-refractivity contribution in [2.75, 3.05) is 4.90 Å². The lowest BCUT2D eigenvalue weighted by molar-refractivity contribution is -0.384. The molecule has 0 saturated heterocycles. The zero-order chi connectivity index (χ0) is 16.7. The van der Waals surface area contributed by atoms with Crippen LogP contribution in [0.1, 0.15) is 15.9 Å². The Kier molecular flexibility index (Phi) is 3.57. The summed E-state index contributed by atoms with van der Waals surface area (Å²) in [4.78, 5) is 35.3. The van der Waals surface area contributed by atoms with E-state index in [-0.39, 0.29) is 34.1 Å². The zero-order valence-electron chi connectivity index (χ0n) is 11.5. The smallest absolute Gasteiger partial charge is 0.299 e. The van der Waals surface area contributed by atoms with Crippen LogP contribution in [-0.2, 0) is 11.3 Å². The van der Waals surface area contributed by atoms with Gasteiger partial charge in [0, 0.05) is 22.7 Å². The third kappa shape index (κ3) is 2.44. The van der Waals surface area contributed by atoms with Crippen LogP contribution in [0.2, 0.25) is 5.02 Å². The molecule has 1 heterocycles. The van der Waals surface area contributed by atoms with Crippen LogP contribution in [0.4, 0.5) is 15.8 Å². The van der Waals surface area contributed by atoms with Crippen molar-refractivity contribution in [2.24, 2.45) is 0 Å². The number of non-ortho nitro benzene ring substituents is 1. The lowest BCUT2D eigenvalue weighted by Gasteiger charge is -2.17. The second kappa shape index (κ2) is 5.44. The first-order chi connectivity index (χ1) is 10.9. The number of nitrogens with zero attached hydrogens (tertiary/aromatic N) is 2. The molecule has 0 unspecified atom stereocenters. The molecule has 2 aromatic carbocycles. The van der Waals surface area contributed by atoms with E-state index in [1.807, 2.05) is 0 Å².